The van der Waals surface area contributed by atoms with E-state index in [0.29, 0.717) is 4.90 Å². The van der Waals surface area contributed by atoms with Crippen LogP contribution in [0.1, 0.15) is 16.4 Å². The van der Waals surface area contributed by atoms with Crippen LogP contribution in [0.4, 0.5) is 0 Å². The third-order valence-electron chi connectivity index (χ3n) is 3.09. The first-order chi connectivity index (χ1) is 10.0. The average Bonchev–Trinajstić information content (AvgIpc) is 2.47. The van der Waals surface area contributed by atoms with Crippen molar-refractivity contribution < 1.29 is 8.42 Å². The van der Waals surface area contributed by atoms with E-state index < -0.39 is 9.84 Å². The molecule has 0 unspecified atom stereocenters. The molecule has 1 atom stereocenters. The Hall–Kier alpha value is -1.77. The summed E-state index contributed by atoms with van der Waals surface area (Å²) in [7, 11) is -3.42. The Balaban J connectivity index is 2.30. The molecule has 0 heterocycles. The fourth-order valence-electron chi connectivity index (χ4n) is 2.03. The van der Waals surface area contributed by atoms with Crippen molar-refractivity contribution in [2.45, 2.75) is 17.1 Å². The Morgan fingerprint density at radius 1 is 1.14 bits per heavy atom. The molecule has 0 spiro atoms. The highest BCUT2D eigenvalue weighted by molar-refractivity contribution is 8.04. The number of thioether (sulfide) groups is 1. The summed E-state index contributed by atoms with van der Waals surface area (Å²) in [6.45, 7) is 1.86. The standard InChI is InChI=1S/C16H15NO2S2/c1-13-6-5-9-15(10-13)21(18,19)11-16(20-12-17)14-7-3-2-4-8-14/h2-10,16H,11H2,1H3/t16-/m1/s1. The second kappa shape index (κ2) is 6.79. The number of hydrogen-bond donors (Lipinski definition) is 0. The van der Waals surface area contributed by atoms with Gasteiger partial charge in [0.2, 0.25) is 0 Å². The summed E-state index contributed by atoms with van der Waals surface area (Å²) < 4.78 is 25.0. The largest absolute Gasteiger partial charge is 0.224 e. The topological polar surface area (TPSA) is 57.9 Å². The normalized spacial score (nSPS) is 12.6. The van der Waals surface area contributed by atoms with E-state index in [0.717, 1.165) is 22.9 Å². The molecule has 0 radical (unpaired) electrons. The van der Waals surface area contributed by atoms with Gasteiger partial charge in [-0.1, -0.05) is 42.5 Å². The molecule has 0 aliphatic heterocycles. The van der Waals surface area contributed by atoms with Gasteiger partial charge in [0.15, 0.2) is 9.84 Å². The first-order valence-corrected chi connectivity index (χ1v) is 8.95. The van der Waals surface area contributed by atoms with Crippen LogP contribution in [-0.2, 0) is 9.84 Å². The van der Waals surface area contributed by atoms with E-state index in [1.807, 2.05) is 48.7 Å². The Bertz CT molecular complexity index is 749. The molecular formula is C16H15NO2S2. The van der Waals surface area contributed by atoms with Gasteiger partial charge < -0.3 is 0 Å². The molecule has 0 saturated heterocycles. The zero-order valence-electron chi connectivity index (χ0n) is 11.6. The second-order valence-electron chi connectivity index (χ2n) is 4.71. The van der Waals surface area contributed by atoms with Crippen molar-refractivity contribution in [1.82, 2.24) is 0 Å². The summed E-state index contributed by atoms with van der Waals surface area (Å²) >= 11 is 0.982. The van der Waals surface area contributed by atoms with Gasteiger partial charge >= 0.3 is 0 Å². The van der Waals surface area contributed by atoms with Crippen LogP contribution >= 0.6 is 11.8 Å². The summed E-state index contributed by atoms with van der Waals surface area (Å²) in [5.74, 6) is -0.0846. The Morgan fingerprint density at radius 2 is 1.86 bits per heavy atom. The summed E-state index contributed by atoms with van der Waals surface area (Å²) in [5.41, 5.74) is 1.75. The number of nitrogens with zero attached hydrogens (tertiary/aromatic N) is 1. The van der Waals surface area contributed by atoms with Crippen LogP contribution in [0.2, 0.25) is 0 Å². The molecule has 0 aliphatic carbocycles. The first kappa shape index (κ1) is 15.6. The lowest BCUT2D eigenvalue weighted by atomic mass is 10.2. The molecule has 0 N–H and O–H groups in total. The number of aryl methyl sites for hydroxylation is 1. The van der Waals surface area contributed by atoms with Gasteiger partial charge in [0.1, 0.15) is 5.40 Å². The quantitative estimate of drug-likeness (QED) is 0.789. The molecule has 3 nitrogen and oxygen atoms in total. The Labute approximate surface area is 129 Å². The molecule has 0 aliphatic rings. The van der Waals surface area contributed by atoms with Gasteiger partial charge in [-0.3, -0.25) is 0 Å². The third-order valence-corrected chi connectivity index (χ3v) is 5.87. The maximum Gasteiger partial charge on any atom is 0.179 e. The lowest BCUT2D eigenvalue weighted by molar-refractivity contribution is 0.595. The molecule has 2 aromatic rings. The van der Waals surface area contributed by atoms with Gasteiger partial charge in [-0.2, -0.15) is 5.26 Å². The van der Waals surface area contributed by atoms with Crippen LogP contribution in [0, 0.1) is 17.6 Å². The average molecular weight is 317 g/mol. The number of benzene rings is 2. The van der Waals surface area contributed by atoms with E-state index >= 15 is 0 Å². The van der Waals surface area contributed by atoms with Gasteiger partial charge in [0.05, 0.1) is 15.9 Å². The molecular weight excluding hydrogens is 302 g/mol. The number of sulfone groups is 1. The van der Waals surface area contributed by atoms with Gasteiger partial charge in [-0.15, -0.1) is 0 Å². The fourth-order valence-corrected chi connectivity index (χ4v) is 4.70. The summed E-state index contributed by atoms with van der Waals surface area (Å²) in [6, 6.07) is 16.1. The highest BCUT2D eigenvalue weighted by atomic mass is 32.2. The molecule has 2 aromatic carbocycles. The summed E-state index contributed by atoms with van der Waals surface area (Å²) in [6.07, 6.45) is 0. The van der Waals surface area contributed by atoms with Crippen molar-refractivity contribution in [3.05, 3.63) is 65.7 Å². The van der Waals surface area contributed by atoms with E-state index in [-0.39, 0.29) is 11.0 Å². The van der Waals surface area contributed by atoms with E-state index in [1.54, 1.807) is 18.2 Å². The predicted octanol–water partition coefficient (Wildman–Crippen LogP) is 3.72. The third kappa shape index (κ3) is 4.10. The molecule has 108 valence electrons. The van der Waals surface area contributed by atoms with E-state index in [2.05, 4.69) is 0 Å². The zero-order valence-corrected chi connectivity index (χ0v) is 13.2. The van der Waals surface area contributed by atoms with Crippen molar-refractivity contribution in [1.29, 1.82) is 5.26 Å². The van der Waals surface area contributed by atoms with Crippen molar-refractivity contribution >= 4 is 21.6 Å². The lowest BCUT2D eigenvalue weighted by Gasteiger charge is -2.14. The number of thiocyanates is 1. The molecule has 0 saturated carbocycles. The molecule has 0 fully saturated rings. The Kier molecular flexibility index (Phi) is 5.05. The van der Waals surface area contributed by atoms with E-state index in [1.165, 1.54) is 0 Å². The van der Waals surface area contributed by atoms with Gasteiger partial charge in [0.25, 0.3) is 0 Å². The monoisotopic (exact) mass is 317 g/mol. The minimum Gasteiger partial charge on any atom is -0.224 e. The number of rotatable bonds is 5. The van der Waals surface area contributed by atoms with Crippen molar-refractivity contribution in [3.63, 3.8) is 0 Å². The molecule has 5 heteroatoms. The van der Waals surface area contributed by atoms with Gasteiger partial charge in [-0.05, 0) is 41.9 Å². The van der Waals surface area contributed by atoms with Crippen LogP contribution in [-0.4, -0.2) is 14.2 Å². The highest BCUT2D eigenvalue weighted by Crippen LogP contribution is 2.31. The predicted molar refractivity (Wildman–Crippen MR) is 85.6 cm³/mol. The molecule has 0 bridgehead atoms. The molecule has 21 heavy (non-hydrogen) atoms. The molecule has 0 aromatic heterocycles. The summed E-state index contributed by atoms with van der Waals surface area (Å²) in [4.78, 5) is 0.307. The van der Waals surface area contributed by atoms with Crippen LogP contribution in [0.5, 0.6) is 0 Å². The molecule has 2 rings (SSSR count). The van der Waals surface area contributed by atoms with Crippen molar-refractivity contribution in [2.24, 2.45) is 0 Å². The van der Waals surface area contributed by atoms with Crippen molar-refractivity contribution in [2.75, 3.05) is 5.75 Å². The smallest absolute Gasteiger partial charge is 0.179 e. The van der Waals surface area contributed by atoms with Crippen molar-refractivity contribution in [3.8, 4) is 5.40 Å². The SMILES string of the molecule is Cc1cccc(S(=O)(=O)C[C@@H](SC#N)c2ccccc2)c1. The second-order valence-corrected chi connectivity index (χ2v) is 7.73. The zero-order chi connectivity index (χ0) is 15.3. The molecule has 0 amide bonds. The first-order valence-electron chi connectivity index (χ1n) is 6.42. The van der Waals surface area contributed by atoms with Gasteiger partial charge in [-0.25, -0.2) is 8.42 Å². The lowest BCUT2D eigenvalue weighted by Crippen LogP contribution is -2.13. The van der Waals surface area contributed by atoms with E-state index in [4.69, 9.17) is 5.26 Å². The fraction of sp³-hybridized carbons (Fsp3) is 0.188. The maximum atomic E-state index is 12.5. The van der Waals surface area contributed by atoms with Crippen LogP contribution in [0.25, 0.3) is 0 Å². The maximum absolute atomic E-state index is 12.5. The van der Waals surface area contributed by atoms with Gasteiger partial charge in [0, 0.05) is 0 Å². The van der Waals surface area contributed by atoms with Crippen LogP contribution < -0.4 is 0 Å². The van der Waals surface area contributed by atoms with Crippen LogP contribution in [0.15, 0.2) is 59.5 Å². The van der Waals surface area contributed by atoms with E-state index in [9.17, 15) is 8.42 Å². The van der Waals surface area contributed by atoms with Crippen LogP contribution in [0.3, 0.4) is 0 Å². The number of hydrogen-bond acceptors (Lipinski definition) is 4. The minimum absolute atomic E-state index is 0.0846. The minimum atomic E-state index is -3.42. The number of nitriles is 1. The highest BCUT2D eigenvalue weighted by Gasteiger charge is 2.23. The summed E-state index contributed by atoms with van der Waals surface area (Å²) in [5, 5.41) is 10.5. The Morgan fingerprint density at radius 3 is 2.48 bits per heavy atom.